The van der Waals surface area contributed by atoms with Crippen LogP contribution in [0, 0.1) is 0 Å². The Balaban J connectivity index is 2.13. The number of hydrogen-bond acceptors (Lipinski definition) is 5. The first-order chi connectivity index (χ1) is 9.00. The molecule has 106 valence electrons. The summed E-state index contributed by atoms with van der Waals surface area (Å²) in [6.45, 7) is 7.22. The second-order valence-corrected chi connectivity index (χ2v) is 5.98. The van der Waals surface area contributed by atoms with Crippen molar-refractivity contribution in [3.05, 3.63) is 16.1 Å². The minimum Gasteiger partial charge on any atom is -0.391 e. The molecule has 2 rings (SSSR count). The Kier molecular flexibility index (Phi) is 4.54. The SMILES string of the molecule is CC(C)c1ncsc1C(=O)N1CCOC(C(C)O)C1. The zero-order valence-electron chi connectivity index (χ0n) is 11.5. The van der Waals surface area contributed by atoms with Gasteiger partial charge in [0.25, 0.3) is 5.91 Å². The minimum atomic E-state index is -0.568. The van der Waals surface area contributed by atoms with Crippen molar-refractivity contribution in [1.82, 2.24) is 9.88 Å². The zero-order chi connectivity index (χ0) is 14.0. The third-order valence-corrected chi connectivity index (χ3v) is 4.09. The highest BCUT2D eigenvalue weighted by Gasteiger charge is 2.30. The molecule has 1 saturated heterocycles. The van der Waals surface area contributed by atoms with Gasteiger partial charge in [0.1, 0.15) is 11.0 Å². The van der Waals surface area contributed by atoms with E-state index in [0.29, 0.717) is 24.6 Å². The lowest BCUT2D eigenvalue weighted by Gasteiger charge is -2.34. The monoisotopic (exact) mass is 284 g/mol. The fourth-order valence-electron chi connectivity index (χ4n) is 2.12. The summed E-state index contributed by atoms with van der Waals surface area (Å²) in [5.41, 5.74) is 2.57. The van der Waals surface area contributed by atoms with E-state index in [9.17, 15) is 9.90 Å². The summed E-state index contributed by atoms with van der Waals surface area (Å²) in [7, 11) is 0. The average Bonchev–Trinajstić information content (AvgIpc) is 2.87. The molecule has 1 aromatic heterocycles. The Morgan fingerprint density at radius 2 is 2.32 bits per heavy atom. The molecule has 0 spiro atoms. The van der Waals surface area contributed by atoms with E-state index in [1.54, 1.807) is 17.3 Å². The van der Waals surface area contributed by atoms with Gasteiger partial charge in [-0.05, 0) is 12.8 Å². The lowest BCUT2D eigenvalue weighted by Crippen LogP contribution is -2.49. The van der Waals surface area contributed by atoms with E-state index >= 15 is 0 Å². The van der Waals surface area contributed by atoms with E-state index in [1.165, 1.54) is 11.3 Å². The largest absolute Gasteiger partial charge is 0.391 e. The van der Waals surface area contributed by atoms with Crippen LogP contribution < -0.4 is 0 Å². The van der Waals surface area contributed by atoms with Gasteiger partial charge in [0.2, 0.25) is 0 Å². The summed E-state index contributed by atoms with van der Waals surface area (Å²) in [4.78, 5) is 19.2. The van der Waals surface area contributed by atoms with Crippen molar-refractivity contribution in [3.8, 4) is 0 Å². The number of carbonyl (C=O) groups is 1. The maximum absolute atomic E-state index is 12.5. The first kappa shape index (κ1) is 14.4. The van der Waals surface area contributed by atoms with Crippen LogP contribution in [0.1, 0.15) is 42.1 Å². The third-order valence-electron chi connectivity index (χ3n) is 3.25. The van der Waals surface area contributed by atoms with Crippen molar-refractivity contribution in [3.63, 3.8) is 0 Å². The molecule has 2 atom stereocenters. The van der Waals surface area contributed by atoms with Crippen LogP contribution in [0.3, 0.4) is 0 Å². The molecule has 0 aromatic carbocycles. The predicted molar refractivity (Wildman–Crippen MR) is 73.5 cm³/mol. The molecular formula is C13H20N2O3S. The molecule has 0 bridgehead atoms. The molecule has 19 heavy (non-hydrogen) atoms. The maximum atomic E-state index is 12.5. The van der Waals surface area contributed by atoms with Crippen molar-refractivity contribution < 1.29 is 14.6 Å². The average molecular weight is 284 g/mol. The molecule has 2 unspecified atom stereocenters. The molecule has 1 fully saturated rings. The Morgan fingerprint density at radius 3 is 2.95 bits per heavy atom. The number of aliphatic hydroxyl groups excluding tert-OH is 1. The van der Waals surface area contributed by atoms with Gasteiger partial charge >= 0.3 is 0 Å². The lowest BCUT2D eigenvalue weighted by atomic mass is 10.1. The van der Waals surface area contributed by atoms with E-state index < -0.39 is 6.10 Å². The molecule has 6 heteroatoms. The van der Waals surface area contributed by atoms with Crippen LogP contribution in [0.2, 0.25) is 0 Å². The van der Waals surface area contributed by atoms with Crippen molar-refractivity contribution >= 4 is 17.2 Å². The number of aromatic nitrogens is 1. The molecular weight excluding hydrogens is 264 g/mol. The standard InChI is InChI=1S/C13H20N2O3S/c1-8(2)11-12(19-7-14-11)13(17)15-4-5-18-10(6-15)9(3)16/h7-10,16H,4-6H2,1-3H3. The summed E-state index contributed by atoms with van der Waals surface area (Å²) in [5.74, 6) is 0.235. The Morgan fingerprint density at radius 1 is 1.58 bits per heavy atom. The topological polar surface area (TPSA) is 62.7 Å². The van der Waals surface area contributed by atoms with E-state index in [0.717, 1.165) is 5.69 Å². The molecule has 0 saturated carbocycles. The molecule has 1 N–H and O–H groups in total. The molecule has 2 heterocycles. The van der Waals surface area contributed by atoms with Gasteiger partial charge in [-0.25, -0.2) is 4.98 Å². The van der Waals surface area contributed by atoms with Gasteiger partial charge in [-0.1, -0.05) is 13.8 Å². The fourth-order valence-corrected chi connectivity index (χ4v) is 3.03. The van der Waals surface area contributed by atoms with Crippen LogP contribution >= 0.6 is 11.3 Å². The zero-order valence-corrected chi connectivity index (χ0v) is 12.3. The summed E-state index contributed by atoms with van der Waals surface area (Å²) < 4.78 is 5.46. The van der Waals surface area contributed by atoms with E-state index in [4.69, 9.17) is 4.74 Å². The van der Waals surface area contributed by atoms with Crippen molar-refractivity contribution in [1.29, 1.82) is 0 Å². The number of amides is 1. The van der Waals surface area contributed by atoms with Crippen LogP contribution in [0.5, 0.6) is 0 Å². The molecule has 0 aliphatic carbocycles. The number of hydrogen-bond donors (Lipinski definition) is 1. The summed E-state index contributed by atoms with van der Waals surface area (Å²) in [5, 5.41) is 9.58. The molecule has 1 amide bonds. The maximum Gasteiger partial charge on any atom is 0.266 e. The smallest absolute Gasteiger partial charge is 0.266 e. The second-order valence-electron chi connectivity index (χ2n) is 5.12. The Bertz CT molecular complexity index is 445. The minimum absolute atomic E-state index is 0.000139. The van der Waals surface area contributed by atoms with E-state index in [-0.39, 0.29) is 17.9 Å². The highest BCUT2D eigenvalue weighted by Crippen LogP contribution is 2.24. The van der Waals surface area contributed by atoms with Gasteiger partial charge in [-0.15, -0.1) is 11.3 Å². The number of rotatable bonds is 3. The van der Waals surface area contributed by atoms with Gasteiger partial charge in [-0.2, -0.15) is 0 Å². The first-order valence-corrected chi connectivity index (χ1v) is 7.41. The third kappa shape index (κ3) is 3.13. The van der Waals surface area contributed by atoms with Crippen molar-refractivity contribution in [2.45, 2.75) is 38.9 Å². The van der Waals surface area contributed by atoms with Crippen LogP contribution in [0.4, 0.5) is 0 Å². The highest BCUT2D eigenvalue weighted by atomic mass is 32.1. The van der Waals surface area contributed by atoms with Gasteiger partial charge < -0.3 is 14.7 Å². The summed E-state index contributed by atoms with van der Waals surface area (Å²) >= 11 is 1.38. The number of morpholine rings is 1. The highest BCUT2D eigenvalue weighted by molar-refractivity contribution is 7.11. The number of nitrogens with zero attached hydrogens (tertiary/aromatic N) is 2. The number of carbonyl (C=O) groups excluding carboxylic acids is 1. The molecule has 1 aliphatic rings. The Hall–Kier alpha value is -0.980. The van der Waals surface area contributed by atoms with Crippen LogP contribution in [-0.2, 0) is 4.74 Å². The predicted octanol–water partition coefficient (Wildman–Crippen LogP) is 1.49. The van der Waals surface area contributed by atoms with E-state index in [1.807, 2.05) is 13.8 Å². The number of aliphatic hydroxyl groups is 1. The van der Waals surface area contributed by atoms with Crippen LogP contribution in [-0.4, -0.2) is 52.8 Å². The summed E-state index contributed by atoms with van der Waals surface area (Å²) in [6.07, 6.45) is -0.866. The summed E-state index contributed by atoms with van der Waals surface area (Å²) in [6, 6.07) is 0. The number of thiazole rings is 1. The van der Waals surface area contributed by atoms with Crippen LogP contribution in [0.25, 0.3) is 0 Å². The molecule has 1 aromatic rings. The molecule has 1 aliphatic heterocycles. The van der Waals surface area contributed by atoms with Crippen molar-refractivity contribution in [2.24, 2.45) is 0 Å². The molecule has 5 nitrogen and oxygen atoms in total. The first-order valence-electron chi connectivity index (χ1n) is 6.53. The number of ether oxygens (including phenoxy) is 1. The second kappa shape index (κ2) is 5.98. The molecule has 0 radical (unpaired) electrons. The lowest BCUT2D eigenvalue weighted by molar-refractivity contribution is -0.0744. The fraction of sp³-hybridized carbons (Fsp3) is 0.692. The quantitative estimate of drug-likeness (QED) is 0.913. The van der Waals surface area contributed by atoms with Crippen molar-refractivity contribution in [2.75, 3.05) is 19.7 Å². The van der Waals surface area contributed by atoms with Gasteiger partial charge in [0, 0.05) is 13.1 Å². The van der Waals surface area contributed by atoms with Gasteiger partial charge in [0.05, 0.1) is 23.9 Å². The van der Waals surface area contributed by atoms with Crippen LogP contribution in [0.15, 0.2) is 5.51 Å². The normalized spacial score (nSPS) is 21.7. The van der Waals surface area contributed by atoms with Gasteiger partial charge in [-0.3, -0.25) is 4.79 Å². The Labute approximate surface area is 117 Å². The van der Waals surface area contributed by atoms with Gasteiger partial charge in [0.15, 0.2) is 0 Å². The van der Waals surface area contributed by atoms with E-state index in [2.05, 4.69) is 4.98 Å².